The highest BCUT2D eigenvalue weighted by Crippen LogP contribution is 2.52. The second-order valence-corrected chi connectivity index (χ2v) is 8.96. The first kappa shape index (κ1) is 22.1. The summed E-state index contributed by atoms with van der Waals surface area (Å²) in [5, 5.41) is 12.1. The lowest BCUT2D eigenvalue weighted by molar-refractivity contribution is -0.129. The summed E-state index contributed by atoms with van der Waals surface area (Å²) in [5.41, 5.74) is 2.04. The van der Waals surface area contributed by atoms with Crippen LogP contribution in [0.5, 0.6) is 0 Å². The van der Waals surface area contributed by atoms with Gasteiger partial charge >= 0.3 is 0 Å². The molecule has 1 N–H and O–H groups in total. The van der Waals surface area contributed by atoms with E-state index in [4.69, 9.17) is 0 Å². The molecule has 4 atom stereocenters. The van der Waals surface area contributed by atoms with E-state index in [2.05, 4.69) is 86.5 Å². The summed E-state index contributed by atoms with van der Waals surface area (Å²) < 4.78 is 0. The molecule has 2 heteroatoms. The second kappa shape index (κ2) is 10.4. The fourth-order valence-electron chi connectivity index (χ4n) is 5.36. The van der Waals surface area contributed by atoms with Gasteiger partial charge in [-0.15, -0.1) is 0 Å². The lowest BCUT2D eigenvalue weighted by Crippen LogP contribution is -2.53. The van der Waals surface area contributed by atoms with Crippen LogP contribution in [-0.2, 0) is 0 Å². The molecule has 0 spiro atoms. The number of unbranched alkanes of at least 4 members (excludes halogenated alkanes) is 3. The summed E-state index contributed by atoms with van der Waals surface area (Å²) in [5.74, 6) is 0.271. The van der Waals surface area contributed by atoms with E-state index >= 15 is 0 Å². The van der Waals surface area contributed by atoms with Crippen molar-refractivity contribution in [2.24, 2.45) is 5.92 Å². The van der Waals surface area contributed by atoms with Crippen LogP contribution in [0.15, 0.2) is 60.7 Å². The van der Waals surface area contributed by atoms with E-state index in [0.29, 0.717) is 0 Å². The monoisotopic (exact) mass is 393 g/mol. The zero-order valence-electron chi connectivity index (χ0n) is 18.6. The maximum absolute atomic E-state index is 12.1. The Morgan fingerprint density at radius 2 is 1.45 bits per heavy atom. The van der Waals surface area contributed by atoms with Crippen molar-refractivity contribution >= 4 is 0 Å². The predicted octanol–water partition coefficient (Wildman–Crippen LogP) is 6.92. The van der Waals surface area contributed by atoms with Gasteiger partial charge in [0, 0.05) is 18.0 Å². The van der Waals surface area contributed by atoms with Crippen LogP contribution in [0.25, 0.3) is 0 Å². The third-order valence-electron chi connectivity index (χ3n) is 6.96. The van der Waals surface area contributed by atoms with Gasteiger partial charge < -0.3 is 5.11 Å². The highest BCUT2D eigenvalue weighted by Gasteiger charge is 2.50. The number of piperidine rings is 1. The van der Waals surface area contributed by atoms with Crippen molar-refractivity contribution < 1.29 is 5.11 Å². The van der Waals surface area contributed by atoms with Crippen LogP contribution in [0.2, 0.25) is 0 Å². The number of hydrogen-bond acceptors (Lipinski definition) is 2. The van der Waals surface area contributed by atoms with Crippen LogP contribution in [0.4, 0.5) is 0 Å². The Morgan fingerprint density at radius 1 is 0.862 bits per heavy atom. The molecule has 0 radical (unpaired) electrons. The molecule has 3 rings (SSSR count). The average molecular weight is 394 g/mol. The SMILES string of the molecule is CCCCC[C@@H]1[C@@H](c2ccccc2)N(C)[C@H](c2ccccc2)C[C@]1(O)CCCC. The van der Waals surface area contributed by atoms with Crippen molar-refractivity contribution in [3.63, 3.8) is 0 Å². The molecule has 1 aliphatic heterocycles. The molecule has 0 bridgehead atoms. The van der Waals surface area contributed by atoms with Crippen molar-refractivity contribution in [2.75, 3.05) is 7.05 Å². The van der Waals surface area contributed by atoms with Crippen molar-refractivity contribution in [2.45, 2.75) is 82.9 Å². The van der Waals surface area contributed by atoms with Gasteiger partial charge in [0.15, 0.2) is 0 Å². The van der Waals surface area contributed by atoms with Crippen LogP contribution in [0, 0.1) is 5.92 Å². The molecule has 0 amide bonds. The lowest BCUT2D eigenvalue weighted by Gasteiger charge is -2.54. The molecule has 2 nitrogen and oxygen atoms in total. The molecular formula is C27H39NO. The Kier molecular flexibility index (Phi) is 7.91. The number of nitrogens with zero attached hydrogens (tertiary/aromatic N) is 1. The number of hydrogen-bond donors (Lipinski definition) is 1. The smallest absolute Gasteiger partial charge is 0.0712 e. The molecule has 1 saturated heterocycles. The molecule has 2 aromatic carbocycles. The molecule has 29 heavy (non-hydrogen) atoms. The first-order valence-electron chi connectivity index (χ1n) is 11.6. The quantitative estimate of drug-likeness (QED) is 0.467. The highest BCUT2D eigenvalue weighted by atomic mass is 16.3. The van der Waals surface area contributed by atoms with E-state index in [-0.39, 0.29) is 18.0 Å². The van der Waals surface area contributed by atoms with Gasteiger partial charge in [-0.25, -0.2) is 0 Å². The summed E-state index contributed by atoms with van der Waals surface area (Å²) in [6.07, 6.45) is 8.71. The fourth-order valence-corrected chi connectivity index (χ4v) is 5.36. The van der Waals surface area contributed by atoms with Crippen LogP contribution in [-0.4, -0.2) is 22.7 Å². The number of likely N-dealkylation sites (tertiary alicyclic amines) is 1. The Bertz CT molecular complexity index is 716. The largest absolute Gasteiger partial charge is 0.389 e. The zero-order valence-corrected chi connectivity index (χ0v) is 18.6. The lowest BCUT2D eigenvalue weighted by atomic mass is 9.66. The molecule has 158 valence electrons. The zero-order chi connectivity index (χ0) is 20.7. The summed E-state index contributed by atoms with van der Waals surface area (Å²) in [6, 6.07) is 22.1. The molecule has 0 aromatic heterocycles. The highest BCUT2D eigenvalue weighted by molar-refractivity contribution is 5.27. The number of rotatable bonds is 9. The van der Waals surface area contributed by atoms with Crippen molar-refractivity contribution in [1.29, 1.82) is 0 Å². The van der Waals surface area contributed by atoms with E-state index < -0.39 is 5.60 Å². The van der Waals surface area contributed by atoms with Gasteiger partial charge in [0.2, 0.25) is 0 Å². The van der Waals surface area contributed by atoms with Gasteiger partial charge in [0.05, 0.1) is 5.60 Å². The summed E-state index contributed by atoms with van der Waals surface area (Å²) in [6.45, 7) is 4.49. The van der Waals surface area contributed by atoms with Crippen molar-refractivity contribution in [3.05, 3.63) is 71.8 Å². The van der Waals surface area contributed by atoms with Gasteiger partial charge in [-0.1, -0.05) is 107 Å². The second-order valence-electron chi connectivity index (χ2n) is 8.96. The van der Waals surface area contributed by atoms with Crippen molar-refractivity contribution in [3.8, 4) is 0 Å². The van der Waals surface area contributed by atoms with Crippen LogP contribution in [0.1, 0.15) is 88.4 Å². The van der Waals surface area contributed by atoms with Crippen LogP contribution < -0.4 is 0 Å². The van der Waals surface area contributed by atoms with Gasteiger partial charge in [-0.05, 0) is 37.4 Å². The van der Waals surface area contributed by atoms with Gasteiger partial charge in [-0.3, -0.25) is 4.90 Å². The Hall–Kier alpha value is -1.64. The van der Waals surface area contributed by atoms with Crippen LogP contribution >= 0.6 is 0 Å². The maximum Gasteiger partial charge on any atom is 0.0712 e. The number of benzene rings is 2. The van der Waals surface area contributed by atoms with E-state index in [1.165, 1.54) is 30.4 Å². The summed E-state index contributed by atoms with van der Waals surface area (Å²) >= 11 is 0. The van der Waals surface area contributed by atoms with Gasteiger partial charge in [-0.2, -0.15) is 0 Å². The first-order valence-corrected chi connectivity index (χ1v) is 11.6. The molecule has 2 aromatic rings. The van der Waals surface area contributed by atoms with E-state index in [1.807, 2.05) is 0 Å². The van der Waals surface area contributed by atoms with E-state index in [1.54, 1.807) is 0 Å². The Balaban J connectivity index is 2.02. The minimum atomic E-state index is -0.614. The maximum atomic E-state index is 12.1. The molecule has 0 aliphatic carbocycles. The van der Waals surface area contributed by atoms with Gasteiger partial charge in [0.1, 0.15) is 0 Å². The standard InChI is InChI=1S/C27H39NO/c1-4-6-10-19-24-26(23-17-13-9-14-18-23)28(3)25(22-15-11-8-12-16-22)21-27(24,29)20-7-5-2/h8-9,11-18,24-26,29H,4-7,10,19-21H2,1-3H3/t24-,25+,26-,27-/m1/s1. The van der Waals surface area contributed by atoms with E-state index in [0.717, 1.165) is 32.1 Å². The third kappa shape index (κ3) is 5.10. The van der Waals surface area contributed by atoms with Crippen LogP contribution in [0.3, 0.4) is 0 Å². The topological polar surface area (TPSA) is 23.5 Å². The molecule has 1 fully saturated rings. The van der Waals surface area contributed by atoms with Crippen molar-refractivity contribution in [1.82, 2.24) is 4.90 Å². The molecule has 1 heterocycles. The summed E-state index contributed by atoms with van der Waals surface area (Å²) in [4.78, 5) is 2.54. The molecular weight excluding hydrogens is 354 g/mol. The molecule has 0 saturated carbocycles. The fraction of sp³-hybridized carbons (Fsp3) is 0.556. The van der Waals surface area contributed by atoms with E-state index in [9.17, 15) is 5.11 Å². The molecule has 1 aliphatic rings. The van der Waals surface area contributed by atoms with Gasteiger partial charge in [0.25, 0.3) is 0 Å². The predicted molar refractivity (Wildman–Crippen MR) is 123 cm³/mol. The molecule has 0 unspecified atom stereocenters. The normalized spacial score (nSPS) is 27.8. The Labute approximate surface area is 178 Å². The number of aliphatic hydroxyl groups is 1. The third-order valence-corrected chi connectivity index (χ3v) is 6.96. The average Bonchev–Trinajstić information content (AvgIpc) is 2.76. The minimum absolute atomic E-state index is 0.241. The summed E-state index contributed by atoms with van der Waals surface area (Å²) in [7, 11) is 2.27. The minimum Gasteiger partial charge on any atom is -0.389 e. The Morgan fingerprint density at radius 3 is 2.03 bits per heavy atom. The first-order chi connectivity index (χ1) is 14.1.